The molecule has 4 rings (SSSR count). The van der Waals surface area contributed by atoms with Crippen LogP contribution in [0.2, 0.25) is 5.02 Å². The number of rotatable bonds is 5. The highest BCUT2D eigenvalue weighted by Crippen LogP contribution is 2.21. The summed E-state index contributed by atoms with van der Waals surface area (Å²) in [4.78, 5) is 21.3. The zero-order valence-corrected chi connectivity index (χ0v) is 16.6. The number of halogens is 1. The maximum absolute atomic E-state index is 12.4. The van der Waals surface area contributed by atoms with E-state index in [1.54, 1.807) is 12.1 Å². The predicted octanol–water partition coefficient (Wildman–Crippen LogP) is 3.02. The number of imidazole rings is 1. The summed E-state index contributed by atoms with van der Waals surface area (Å²) in [5.41, 5.74) is 2.94. The molecular formula is C21H23ClN4O2. The fourth-order valence-electron chi connectivity index (χ4n) is 3.39. The monoisotopic (exact) mass is 398 g/mol. The number of benzene rings is 1. The van der Waals surface area contributed by atoms with Crippen molar-refractivity contribution in [3.05, 3.63) is 65.1 Å². The van der Waals surface area contributed by atoms with Crippen molar-refractivity contribution >= 4 is 23.2 Å². The van der Waals surface area contributed by atoms with Crippen molar-refractivity contribution in [3.63, 3.8) is 0 Å². The molecule has 1 aliphatic rings. The van der Waals surface area contributed by atoms with Gasteiger partial charge in [-0.25, -0.2) is 4.98 Å². The minimum Gasteiger partial charge on any atom is -0.484 e. The first-order valence-corrected chi connectivity index (χ1v) is 9.78. The smallest absolute Gasteiger partial charge is 0.260 e. The number of piperazine rings is 1. The molecule has 0 N–H and O–H groups in total. The number of carbonyl (C=O) groups excluding carboxylic acids is 1. The van der Waals surface area contributed by atoms with Crippen LogP contribution >= 0.6 is 11.6 Å². The SMILES string of the molecule is Cc1cc(OCC(=O)N2CCN(Cc3cn4ccccc4n3)CC2)ccc1Cl. The minimum atomic E-state index is 0.0139. The van der Waals surface area contributed by atoms with E-state index in [2.05, 4.69) is 16.1 Å². The topological polar surface area (TPSA) is 50.1 Å². The van der Waals surface area contributed by atoms with Crippen molar-refractivity contribution in [1.29, 1.82) is 0 Å². The Labute approximate surface area is 169 Å². The molecule has 0 unspecified atom stereocenters. The standard InChI is InChI=1S/C21H23ClN4O2/c1-16-12-18(5-6-19(16)22)28-15-21(27)25-10-8-24(9-11-25)13-17-14-26-7-3-2-4-20(26)23-17/h2-7,12,14H,8-11,13,15H2,1H3. The van der Waals surface area contributed by atoms with E-state index in [1.807, 2.05) is 46.7 Å². The molecule has 2 aromatic heterocycles. The second-order valence-electron chi connectivity index (χ2n) is 7.05. The third kappa shape index (κ3) is 4.29. The maximum Gasteiger partial charge on any atom is 0.260 e. The predicted molar refractivity (Wildman–Crippen MR) is 109 cm³/mol. The molecule has 0 bridgehead atoms. The maximum atomic E-state index is 12.4. The molecule has 1 fully saturated rings. The Hall–Kier alpha value is -2.57. The highest BCUT2D eigenvalue weighted by atomic mass is 35.5. The Morgan fingerprint density at radius 1 is 1.18 bits per heavy atom. The van der Waals surface area contributed by atoms with Crippen LogP contribution in [0.5, 0.6) is 5.75 Å². The van der Waals surface area contributed by atoms with E-state index >= 15 is 0 Å². The average molecular weight is 399 g/mol. The summed E-state index contributed by atoms with van der Waals surface area (Å²) in [6.07, 6.45) is 4.07. The van der Waals surface area contributed by atoms with Gasteiger partial charge in [-0.2, -0.15) is 0 Å². The van der Waals surface area contributed by atoms with Crippen LogP contribution < -0.4 is 4.74 Å². The summed E-state index contributed by atoms with van der Waals surface area (Å²) in [6, 6.07) is 11.4. The highest BCUT2D eigenvalue weighted by Gasteiger charge is 2.22. The van der Waals surface area contributed by atoms with Crippen LogP contribution in [-0.4, -0.2) is 57.9 Å². The minimum absolute atomic E-state index is 0.0139. The van der Waals surface area contributed by atoms with Crippen LogP contribution in [0.3, 0.4) is 0 Å². The van der Waals surface area contributed by atoms with Gasteiger partial charge in [0.15, 0.2) is 6.61 Å². The first-order chi connectivity index (χ1) is 13.6. The molecule has 1 amide bonds. The van der Waals surface area contributed by atoms with E-state index in [0.29, 0.717) is 23.9 Å². The average Bonchev–Trinajstić information content (AvgIpc) is 3.11. The summed E-state index contributed by atoms with van der Waals surface area (Å²) < 4.78 is 7.67. The third-order valence-electron chi connectivity index (χ3n) is 5.02. The fraction of sp³-hybridized carbons (Fsp3) is 0.333. The van der Waals surface area contributed by atoms with Crippen molar-refractivity contribution in [2.75, 3.05) is 32.8 Å². The lowest BCUT2D eigenvalue weighted by atomic mass is 10.2. The van der Waals surface area contributed by atoms with Crippen LogP contribution in [0.1, 0.15) is 11.3 Å². The van der Waals surface area contributed by atoms with Gasteiger partial charge in [-0.05, 0) is 42.8 Å². The third-order valence-corrected chi connectivity index (χ3v) is 5.44. The zero-order chi connectivity index (χ0) is 19.5. The van der Waals surface area contributed by atoms with Crippen molar-refractivity contribution in [2.24, 2.45) is 0 Å². The van der Waals surface area contributed by atoms with Gasteiger partial charge in [0.25, 0.3) is 5.91 Å². The molecule has 7 heteroatoms. The van der Waals surface area contributed by atoms with Gasteiger partial charge in [-0.15, -0.1) is 0 Å². The lowest BCUT2D eigenvalue weighted by Crippen LogP contribution is -2.49. The lowest BCUT2D eigenvalue weighted by Gasteiger charge is -2.34. The van der Waals surface area contributed by atoms with Gasteiger partial charge < -0.3 is 14.0 Å². The first-order valence-electron chi connectivity index (χ1n) is 9.40. The molecule has 1 aromatic carbocycles. The van der Waals surface area contributed by atoms with E-state index in [0.717, 1.165) is 36.5 Å². The van der Waals surface area contributed by atoms with E-state index in [4.69, 9.17) is 16.3 Å². The van der Waals surface area contributed by atoms with Crippen molar-refractivity contribution in [2.45, 2.75) is 13.5 Å². The van der Waals surface area contributed by atoms with Crippen LogP contribution in [0.25, 0.3) is 5.65 Å². The van der Waals surface area contributed by atoms with E-state index in [-0.39, 0.29) is 12.5 Å². The summed E-state index contributed by atoms with van der Waals surface area (Å²) in [6.45, 7) is 5.83. The zero-order valence-electron chi connectivity index (χ0n) is 15.8. The molecule has 146 valence electrons. The van der Waals surface area contributed by atoms with Gasteiger partial charge in [-0.3, -0.25) is 9.69 Å². The van der Waals surface area contributed by atoms with Gasteiger partial charge >= 0.3 is 0 Å². The molecule has 3 heterocycles. The number of hydrogen-bond acceptors (Lipinski definition) is 4. The Kier molecular flexibility index (Phi) is 5.50. The summed E-state index contributed by atoms with van der Waals surface area (Å²) in [7, 11) is 0. The van der Waals surface area contributed by atoms with Crippen molar-refractivity contribution < 1.29 is 9.53 Å². The Balaban J connectivity index is 1.26. The number of hydrogen-bond donors (Lipinski definition) is 0. The Bertz CT molecular complexity index is 946. The normalized spacial score (nSPS) is 15.1. The molecule has 0 aliphatic carbocycles. The molecule has 0 saturated carbocycles. The summed E-state index contributed by atoms with van der Waals surface area (Å²) in [5, 5.41) is 0.695. The molecule has 1 aliphatic heterocycles. The number of amides is 1. The Morgan fingerprint density at radius 3 is 2.75 bits per heavy atom. The van der Waals surface area contributed by atoms with E-state index in [1.165, 1.54) is 0 Å². The number of aryl methyl sites for hydroxylation is 1. The summed E-state index contributed by atoms with van der Waals surface area (Å²) >= 11 is 6.02. The fourth-order valence-corrected chi connectivity index (χ4v) is 3.51. The van der Waals surface area contributed by atoms with Crippen molar-refractivity contribution in [1.82, 2.24) is 19.2 Å². The molecule has 28 heavy (non-hydrogen) atoms. The molecule has 6 nitrogen and oxygen atoms in total. The van der Waals surface area contributed by atoms with Crippen LogP contribution in [0.4, 0.5) is 0 Å². The largest absolute Gasteiger partial charge is 0.484 e. The van der Waals surface area contributed by atoms with E-state index in [9.17, 15) is 4.79 Å². The van der Waals surface area contributed by atoms with Gasteiger partial charge in [-0.1, -0.05) is 17.7 Å². The molecule has 0 radical (unpaired) electrons. The van der Waals surface area contributed by atoms with Gasteiger partial charge in [0.05, 0.1) is 5.69 Å². The second kappa shape index (κ2) is 8.20. The van der Waals surface area contributed by atoms with Crippen molar-refractivity contribution in [3.8, 4) is 5.75 Å². The molecule has 3 aromatic rings. The molecule has 1 saturated heterocycles. The van der Waals surface area contributed by atoms with Gasteiger partial charge in [0, 0.05) is 50.1 Å². The number of aromatic nitrogens is 2. The number of ether oxygens (including phenoxy) is 1. The van der Waals surface area contributed by atoms with Crippen LogP contribution in [0.15, 0.2) is 48.8 Å². The van der Waals surface area contributed by atoms with E-state index < -0.39 is 0 Å². The molecule has 0 atom stereocenters. The highest BCUT2D eigenvalue weighted by molar-refractivity contribution is 6.31. The Morgan fingerprint density at radius 2 is 2.00 bits per heavy atom. The second-order valence-corrected chi connectivity index (χ2v) is 7.46. The molecular weight excluding hydrogens is 376 g/mol. The first kappa shape index (κ1) is 18.8. The molecule has 0 spiro atoms. The van der Waals surface area contributed by atoms with Gasteiger partial charge in [0.1, 0.15) is 11.4 Å². The number of nitrogens with zero attached hydrogens (tertiary/aromatic N) is 4. The lowest BCUT2D eigenvalue weighted by molar-refractivity contribution is -0.135. The van der Waals surface area contributed by atoms with Crippen LogP contribution in [-0.2, 0) is 11.3 Å². The van der Waals surface area contributed by atoms with Gasteiger partial charge in [0.2, 0.25) is 0 Å². The summed E-state index contributed by atoms with van der Waals surface area (Å²) in [5.74, 6) is 0.681. The quantitative estimate of drug-likeness (QED) is 0.663. The number of fused-ring (bicyclic) bond motifs is 1. The number of carbonyl (C=O) groups is 1. The number of pyridine rings is 1. The van der Waals surface area contributed by atoms with Crippen LogP contribution in [0, 0.1) is 6.92 Å².